The van der Waals surface area contributed by atoms with Gasteiger partial charge in [-0.25, -0.2) is 0 Å². The smallest absolute Gasteiger partial charge is 0.266 e. The molecule has 5 rings (SSSR count). The summed E-state index contributed by atoms with van der Waals surface area (Å²) in [4.78, 5) is 11.2. The van der Waals surface area contributed by atoms with Gasteiger partial charge in [-0.15, -0.1) is 5.11 Å². The molecule has 3 heteroatoms. The molecule has 0 spiro atoms. The average molecular weight is 216 g/mol. The van der Waals surface area contributed by atoms with Crippen molar-refractivity contribution >= 4 is 5.91 Å². The van der Waals surface area contributed by atoms with E-state index >= 15 is 0 Å². The predicted octanol–water partition coefficient (Wildman–Crippen LogP) is 3.08. The summed E-state index contributed by atoms with van der Waals surface area (Å²) in [6.07, 6.45) is 9.76. The van der Waals surface area contributed by atoms with E-state index in [1.807, 2.05) is 0 Å². The number of amides is 1. The van der Waals surface area contributed by atoms with Crippen molar-refractivity contribution in [3.63, 3.8) is 0 Å². The summed E-state index contributed by atoms with van der Waals surface area (Å²) in [7, 11) is 0. The van der Waals surface area contributed by atoms with Gasteiger partial charge in [-0.3, -0.25) is 4.79 Å². The molecule has 1 amide bonds. The largest absolute Gasteiger partial charge is 0.290 e. The number of rotatable bonds is 1. The summed E-state index contributed by atoms with van der Waals surface area (Å²) < 4.78 is 0. The Hall–Kier alpha value is -0.990. The molecule has 4 fully saturated rings. The normalized spacial score (nSPS) is 48.9. The lowest BCUT2D eigenvalue weighted by Gasteiger charge is -2.56. The van der Waals surface area contributed by atoms with Crippen LogP contribution in [0.5, 0.6) is 0 Å². The molecule has 16 heavy (non-hydrogen) atoms. The highest BCUT2D eigenvalue weighted by Crippen LogP contribution is 2.63. The van der Waals surface area contributed by atoms with Crippen LogP contribution in [0, 0.1) is 23.2 Å². The summed E-state index contributed by atoms with van der Waals surface area (Å²) in [5, 5.41) is 7.81. The van der Waals surface area contributed by atoms with Crippen LogP contribution in [0.25, 0.3) is 0 Å². The van der Waals surface area contributed by atoms with Crippen LogP contribution in [0.15, 0.2) is 22.0 Å². The second-order valence-electron chi connectivity index (χ2n) is 6.27. The number of hydrogen-bond acceptors (Lipinski definition) is 2. The number of carbonyl (C=O) groups is 1. The van der Waals surface area contributed by atoms with Crippen molar-refractivity contribution in [2.24, 2.45) is 33.4 Å². The first-order valence-corrected chi connectivity index (χ1v) is 6.41. The average Bonchev–Trinajstić information content (AvgIpc) is 2.63. The van der Waals surface area contributed by atoms with E-state index in [2.05, 4.69) is 10.2 Å². The Balaban J connectivity index is 1.74. The highest BCUT2D eigenvalue weighted by atomic mass is 16.1. The molecule has 1 aliphatic heterocycles. The van der Waals surface area contributed by atoms with Crippen LogP contribution in [0.4, 0.5) is 0 Å². The van der Waals surface area contributed by atoms with Crippen LogP contribution in [0.3, 0.4) is 0 Å². The van der Waals surface area contributed by atoms with Gasteiger partial charge in [0.1, 0.15) is 0 Å². The Morgan fingerprint density at radius 3 is 2.00 bits per heavy atom. The number of hydrogen-bond donors (Lipinski definition) is 0. The predicted molar refractivity (Wildman–Crippen MR) is 58.6 cm³/mol. The highest BCUT2D eigenvalue weighted by Gasteiger charge is 2.53. The Morgan fingerprint density at radius 2 is 1.56 bits per heavy atom. The lowest BCUT2D eigenvalue weighted by atomic mass is 9.49. The fourth-order valence-electron chi connectivity index (χ4n) is 4.96. The minimum absolute atomic E-state index is 0.147. The second kappa shape index (κ2) is 2.82. The maximum atomic E-state index is 11.2. The van der Waals surface area contributed by atoms with Crippen LogP contribution in [-0.2, 0) is 4.79 Å². The van der Waals surface area contributed by atoms with Crippen LogP contribution < -0.4 is 0 Å². The van der Waals surface area contributed by atoms with E-state index in [4.69, 9.17) is 0 Å². The van der Waals surface area contributed by atoms with Crippen molar-refractivity contribution in [2.75, 3.05) is 0 Å². The van der Waals surface area contributed by atoms with Gasteiger partial charge in [-0.05, 0) is 56.3 Å². The zero-order chi connectivity index (χ0) is 10.8. The van der Waals surface area contributed by atoms with Crippen LogP contribution in [0.1, 0.15) is 38.5 Å². The maximum Gasteiger partial charge on any atom is 0.290 e. The zero-order valence-corrected chi connectivity index (χ0v) is 9.35. The van der Waals surface area contributed by atoms with Gasteiger partial charge in [0, 0.05) is 11.5 Å². The number of azo groups is 1. The van der Waals surface area contributed by atoms with Gasteiger partial charge >= 0.3 is 0 Å². The van der Waals surface area contributed by atoms with Crippen LogP contribution in [0.2, 0.25) is 0 Å². The standard InChI is InChI=1S/C13H16N2O/c16-12-4-11(14-15-12)13-5-8-1-9(6-13)3-10(2-8)7-13/h4,8-10H,1-3,5-7H2. The Morgan fingerprint density at radius 1 is 1.00 bits per heavy atom. The lowest BCUT2D eigenvalue weighted by Crippen LogP contribution is -2.46. The van der Waals surface area contributed by atoms with Gasteiger partial charge in [-0.1, -0.05) is 0 Å². The van der Waals surface area contributed by atoms with E-state index in [0.717, 1.165) is 23.5 Å². The first kappa shape index (κ1) is 9.08. The summed E-state index contributed by atoms with van der Waals surface area (Å²) in [6.45, 7) is 0. The molecular formula is C13H16N2O. The first-order valence-electron chi connectivity index (χ1n) is 6.41. The van der Waals surface area contributed by atoms with E-state index < -0.39 is 0 Å². The summed E-state index contributed by atoms with van der Waals surface area (Å²) >= 11 is 0. The van der Waals surface area contributed by atoms with Gasteiger partial charge in [-0.2, -0.15) is 5.11 Å². The zero-order valence-electron chi connectivity index (χ0n) is 9.35. The van der Waals surface area contributed by atoms with Crippen LogP contribution >= 0.6 is 0 Å². The third-order valence-electron chi connectivity index (χ3n) is 5.10. The lowest BCUT2D eigenvalue weighted by molar-refractivity contribution is -0.113. The third-order valence-corrected chi connectivity index (χ3v) is 5.10. The van der Waals surface area contributed by atoms with E-state index in [9.17, 15) is 4.79 Å². The molecule has 1 heterocycles. The van der Waals surface area contributed by atoms with Gasteiger partial charge in [0.15, 0.2) is 0 Å². The van der Waals surface area contributed by atoms with Crippen molar-refractivity contribution < 1.29 is 4.79 Å². The topological polar surface area (TPSA) is 41.8 Å². The van der Waals surface area contributed by atoms with E-state index in [0.29, 0.717) is 0 Å². The Labute approximate surface area is 95.0 Å². The third kappa shape index (κ3) is 1.12. The quantitative estimate of drug-likeness (QED) is 0.664. The number of carbonyl (C=O) groups excluding carboxylic acids is 1. The van der Waals surface area contributed by atoms with E-state index in [1.165, 1.54) is 38.5 Å². The molecule has 0 unspecified atom stereocenters. The SMILES string of the molecule is O=C1C=C(C23CC4CC(CC(C4)C2)C3)N=N1. The summed E-state index contributed by atoms with van der Waals surface area (Å²) in [6, 6.07) is 0. The van der Waals surface area contributed by atoms with Gasteiger partial charge < -0.3 is 0 Å². The molecule has 0 saturated heterocycles. The molecule has 0 radical (unpaired) electrons. The van der Waals surface area contributed by atoms with Gasteiger partial charge in [0.25, 0.3) is 5.91 Å². The summed E-state index contributed by atoms with van der Waals surface area (Å²) in [5.41, 5.74) is 1.25. The minimum Gasteiger partial charge on any atom is -0.266 e. The van der Waals surface area contributed by atoms with E-state index in [-0.39, 0.29) is 11.3 Å². The highest BCUT2D eigenvalue weighted by molar-refractivity contribution is 5.90. The maximum absolute atomic E-state index is 11.2. The fourth-order valence-corrected chi connectivity index (χ4v) is 4.96. The number of nitrogens with zero attached hydrogens (tertiary/aromatic N) is 2. The van der Waals surface area contributed by atoms with Crippen molar-refractivity contribution in [3.05, 3.63) is 11.8 Å². The molecule has 0 N–H and O–H groups in total. The molecule has 0 aromatic heterocycles. The Bertz CT molecular complexity index is 386. The molecular weight excluding hydrogens is 200 g/mol. The molecule has 0 aromatic rings. The Kier molecular flexibility index (Phi) is 1.60. The minimum atomic E-state index is -0.147. The molecule has 5 aliphatic rings. The number of allylic oxidation sites excluding steroid dienone is 1. The molecule has 3 nitrogen and oxygen atoms in total. The molecule has 84 valence electrons. The van der Waals surface area contributed by atoms with Crippen LogP contribution in [-0.4, -0.2) is 5.91 Å². The van der Waals surface area contributed by atoms with E-state index in [1.54, 1.807) is 6.08 Å². The van der Waals surface area contributed by atoms with Gasteiger partial charge in [0.05, 0.1) is 5.70 Å². The van der Waals surface area contributed by atoms with Crippen molar-refractivity contribution in [2.45, 2.75) is 38.5 Å². The monoisotopic (exact) mass is 216 g/mol. The van der Waals surface area contributed by atoms with Crippen molar-refractivity contribution in [3.8, 4) is 0 Å². The van der Waals surface area contributed by atoms with Crippen molar-refractivity contribution in [1.82, 2.24) is 0 Å². The second-order valence-corrected chi connectivity index (χ2v) is 6.27. The molecule has 4 aliphatic carbocycles. The summed E-state index contributed by atoms with van der Waals surface area (Å²) in [5.74, 6) is 2.56. The molecule has 0 aromatic carbocycles. The first-order chi connectivity index (χ1) is 7.73. The van der Waals surface area contributed by atoms with Crippen molar-refractivity contribution in [1.29, 1.82) is 0 Å². The fraction of sp³-hybridized carbons (Fsp3) is 0.769. The van der Waals surface area contributed by atoms with Gasteiger partial charge in [0.2, 0.25) is 0 Å². The molecule has 0 atom stereocenters. The molecule has 4 bridgehead atoms. The molecule has 4 saturated carbocycles.